The molecule has 2 heterocycles. The van der Waals surface area contributed by atoms with E-state index >= 15 is 0 Å². The molecule has 2 N–H and O–H groups in total. The fourth-order valence-corrected chi connectivity index (χ4v) is 3.53. The van der Waals surface area contributed by atoms with Gasteiger partial charge < -0.3 is 15.5 Å². The molecule has 4 heteroatoms. The Hall–Kier alpha value is -1.39. The molecule has 0 radical (unpaired) electrons. The summed E-state index contributed by atoms with van der Waals surface area (Å²) in [5.41, 5.74) is 2.44. The summed E-state index contributed by atoms with van der Waals surface area (Å²) in [5, 5.41) is 6.50. The van der Waals surface area contributed by atoms with Gasteiger partial charge in [0.05, 0.1) is 0 Å². The minimum Gasteiger partial charge on any atom is -0.354 e. The summed E-state index contributed by atoms with van der Waals surface area (Å²) in [4.78, 5) is 14.9. The number of piperidine rings is 1. The van der Waals surface area contributed by atoms with Gasteiger partial charge in [0.1, 0.15) is 6.04 Å². The highest BCUT2D eigenvalue weighted by Gasteiger charge is 2.26. The van der Waals surface area contributed by atoms with Gasteiger partial charge in [-0.25, -0.2) is 0 Å². The van der Waals surface area contributed by atoms with Crippen molar-refractivity contribution in [3.63, 3.8) is 0 Å². The Kier molecular flexibility index (Phi) is 4.56. The van der Waals surface area contributed by atoms with Gasteiger partial charge in [0.2, 0.25) is 5.91 Å². The highest BCUT2D eigenvalue weighted by Crippen LogP contribution is 2.23. The second-order valence-corrected chi connectivity index (χ2v) is 6.35. The number of amides is 1. The fraction of sp³-hybridized carbons (Fsp3) is 0.588. The second-order valence-electron chi connectivity index (χ2n) is 6.35. The van der Waals surface area contributed by atoms with Gasteiger partial charge in [-0.2, -0.15) is 0 Å². The van der Waals surface area contributed by atoms with Crippen molar-refractivity contribution >= 4 is 5.91 Å². The number of carbonyl (C=O) groups is 1. The Morgan fingerprint density at radius 1 is 1.43 bits per heavy atom. The minimum atomic E-state index is -0.184. The molecule has 4 nitrogen and oxygen atoms in total. The summed E-state index contributed by atoms with van der Waals surface area (Å²) in [7, 11) is 2.16. The molecule has 1 amide bonds. The quantitative estimate of drug-likeness (QED) is 0.881. The molecule has 0 aliphatic carbocycles. The van der Waals surface area contributed by atoms with E-state index in [0.29, 0.717) is 5.92 Å². The molecule has 2 aliphatic rings. The molecule has 3 rings (SSSR count). The van der Waals surface area contributed by atoms with Crippen molar-refractivity contribution in [1.29, 1.82) is 0 Å². The van der Waals surface area contributed by atoms with Gasteiger partial charge in [0, 0.05) is 19.6 Å². The lowest BCUT2D eigenvalue weighted by Crippen LogP contribution is -2.44. The topological polar surface area (TPSA) is 44.4 Å². The summed E-state index contributed by atoms with van der Waals surface area (Å²) < 4.78 is 0. The first kappa shape index (κ1) is 14.5. The lowest BCUT2D eigenvalue weighted by molar-refractivity contribution is -0.123. The van der Waals surface area contributed by atoms with Gasteiger partial charge >= 0.3 is 0 Å². The number of hydrogen-bond donors (Lipinski definition) is 2. The third-order valence-corrected chi connectivity index (χ3v) is 4.66. The third kappa shape index (κ3) is 3.44. The zero-order valence-electron chi connectivity index (χ0n) is 12.8. The maximum atomic E-state index is 12.5. The lowest BCUT2D eigenvalue weighted by atomic mass is 9.93. The molecule has 0 spiro atoms. The molecule has 21 heavy (non-hydrogen) atoms. The van der Waals surface area contributed by atoms with Crippen molar-refractivity contribution in [3.8, 4) is 0 Å². The van der Waals surface area contributed by atoms with E-state index in [4.69, 9.17) is 0 Å². The Labute approximate surface area is 126 Å². The van der Waals surface area contributed by atoms with Crippen LogP contribution < -0.4 is 10.6 Å². The SMILES string of the molecule is CN1CCCC(CNC(=O)C2NCCc3ccccc32)C1. The van der Waals surface area contributed by atoms with Crippen LogP contribution in [0.1, 0.15) is 30.0 Å². The number of nitrogens with one attached hydrogen (secondary N) is 2. The predicted octanol–water partition coefficient (Wildman–Crippen LogP) is 1.33. The fourth-order valence-electron chi connectivity index (χ4n) is 3.53. The lowest BCUT2D eigenvalue weighted by Gasteiger charge is -2.31. The van der Waals surface area contributed by atoms with Gasteiger partial charge in [-0.3, -0.25) is 4.79 Å². The first-order chi connectivity index (χ1) is 10.2. The summed E-state index contributed by atoms with van der Waals surface area (Å²) in [6.45, 7) is 3.95. The summed E-state index contributed by atoms with van der Waals surface area (Å²) >= 11 is 0. The van der Waals surface area contributed by atoms with Crippen LogP contribution in [-0.2, 0) is 11.2 Å². The van der Waals surface area contributed by atoms with Crippen molar-refractivity contribution in [3.05, 3.63) is 35.4 Å². The van der Waals surface area contributed by atoms with Gasteiger partial charge in [-0.05, 0) is 49.9 Å². The number of hydrogen-bond acceptors (Lipinski definition) is 3. The molecule has 1 aromatic rings. The third-order valence-electron chi connectivity index (χ3n) is 4.66. The molecule has 2 unspecified atom stereocenters. The summed E-state index contributed by atoms with van der Waals surface area (Å²) in [6.07, 6.45) is 3.47. The van der Waals surface area contributed by atoms with Crippen LogP contribution in [0.4, 0.5) is 0 Å². The number of carbonyl (C=O) groups excluding carboxylic acids is 1. The normalized spacial score (nSPS) is 26.1. The first-order valence-corrected chi connectivity index (χ1v) is 8.01. The van der Waals surface area contributed by atoms with Crippen LogP contribution in [0.3, 0.4) is 0 Å². The highest BCUT2D eigenvalue weighted by molar-refractivity contribution is 5.83. The van der Waals surface area contributed by atoms with E-state index in [-0.39, 0.29) is 11.9 Å². The summed E-state index contributed by atoms with van der Waals surface area (Å²) in [5.74, 6) is 0.710. The highest BCUT2D eigenvalue weighted by atomic mass is 16.2. The maximum Gasteiger partial charge on any atom is 0.241 e. The molecule has 0 aromatic heterocycles. The molecule has 2 aliphatic heterocycles. The summed E-state index contributed by atoms with van der Waals surface area (Å²) in [6, 6.07) is 8.09. The van der Waals surface area contributed by atoms with Crippen molar-refractivity contribution < 1.29 is 4.79 Å². The number of likely N-dealkylation sites (tertiary alicyclic amines) is 1. The van der Waals surface area contributed by atoms with Crippen LogP contribution in [0, 0.1) is 5.92 Å². The van der Waals surface area contributed by atoms with E-state index in [9.17, 15) is 4.79 Å². The monoisotopic (exact) mass is 287 g/mol. The minimum absolute atomic E-state index is 0.121. The second kappa shape index (κ2) is 6.58. The Morgan fingerprint density at radius 3 is 3.14 bits per heavy atom. The van der Waals surface area contributed by atoms with Crippen LogP contribution >= 0.6 is 0 Å². The number of fused-ring (bicyclic) bond motifs is 1. The molecular weight excluding hydrogens is 262 g/mol. The standard InChI is InChI=1S/C17H25N3O/c1-20-10-4-5-13(12-20)11-19-17(21)16-15-7-3-2-6-14(15)8-9-18-16/h2-3,6-7,13,16,18H,4-5,8-12H2,1H3,(H,19,21). The molecule has 0 bridgehead atoms. The zero-order valence-corrected chi connectivity index (χ0v) is 12.8. The Bertz CT molecular complexity index is 503. The van der Waals surface area contributed by atoms with Crippen molar-refractivity contribution in [2.45, 2.75) is 25.3 Å². The van der Waals surface area contributed by atoms with E-state index in [1.807, 2.05) is 6.07 Å². The molecule has 2 atom stereocenters. The number of rotatable bonds is 3. The van der Waals surface area contributed by atoms with Crippen LogP contribution in [0.5, 0.6) is 0 Å². The van der Waals surface area contributed by atoms with Gasteiger partial charge in [0.25, 0.3) is 0 Å². The van der Waals surface area contributed by atoms with Crippen LogP contribution in [-0.4, -0.2) is 44.0 Å². The van der Waals surface area contributed by atoms with E-state index in [1.165, 1.54) is 24.9 Å². The van der Waals surface area contributed by atoms with E-state index in [1.54, 1.807) is 0 Å². The van der Waals surface area contributed by atoms with Gasteiger partial charge in [-0.15, -0.1) is 0 Å². The van der Waals surface area contributed by atoms with Crippen molar-refractivity contribution in [2.24, 2.45) is 5.92 Å². The Balaban J connectivity index is 1.59. The maximum absolute atomic E-state index is 12.5. The molecule has 0 saturated carbocycles. The Morgan fingerprint density at radius 2 is 2.29 bits per heavy atom. The van der Waals surface area contributed by atoms with E-state index < -0.39 is 0 Å². The predicted molar refractivity (Wildman–Crippen MR) is 84.1 cm³/mol. The van der Waals surface area contributed by atoms with Crippen LogP contribution in [0.2, 0.25) is 0 Å². The average molecular weight is 287 g/mol. The smallest absolute Gasteiger partial charge is 0.241 e. The van der Waals surface area contributed by atoms with Gasteiger partial charge in [-0.1, -0.05) is 24.3 Å². The molecule has 1 saturated heterocycles. The van der Waals surface area contributed by atoms with Crippen LogP contribution in [0.25, 0.3) is 0 Å². The molecular formula is C17H25N3O. The van der Waals surface area contributed by atoms with Crippen molar-refractivity contribution in [1.82, 2.24) is 15.5 Å². The average Bonchev–Trinajstić information content (AvgIpc) is 2.52. The van der Waals surface area contributed by atoms with Crippen LogP contribution in [0.15, 0.2) is 24.3 Å². The van der Waals surface area contributed by atoms with E-state index in [2.05, 4.69) is 40.8 Å². The molecule has 1 fully saturated rings. The van der Waals surface area contributed by atoms with Crippen molar-refractivity contribution in [2.75, 3.05) is 33.2 Å². The zero-order chi connectivity index (χ0) is 14.7. The largest absolute Gasteiger partial charge is 0.354 e. The number of benzene rings is 1. The molecule has 114 valence electrons. The number of nitrogens with zero attached hydrogens (tertiary/aromatic N) is 1. The van der Waals surface area contributed by atoms with E-state index in [0.717, 1.165) is 31.6 Å². The first-order valence-electron chi connectivity index (χ1n) is 8.01. The molecule has 1 aromatic carbocycles. The van der Waals surface area contributed by atoms with Gasteiger partial charge in [0.15, 0.2) is 0 Å².